The van der Waals surface area contributed by atoms with Gasteiger partial charge in [-0.25, -0.2) is 5.43 Å². The highest BCUT2D eigenvalue weighted by molar-refractivity contribution is 14.1. The number of phenols is 1. The molecule has 0 bridgehead atoms. The Morgan fingerprint density at radius 2 is 2.09 bits per heavy atom. The van der Waals surface area contributed by atoms with Crippen LogP contribution in [0.1, 0.15) is 18.3 Å². The number of amides is 1. The van der Waals surface area contributed by atoms with E-state index >= 15 is 0 Å². The standard InChI is InChI=1S/C23H25IN6O3S/c1-4-12-30-20(14-25-18-10-8-17(24)9-11-18)27-29-23(30)34-15(2)22(32)28-26-13-16-6-5-7-19(33-3)21(16)31/h4-11,13,15,25,31H,1,12,14H2,2-3H3,(H,28,32)/b26-13+. The van der Waals surface area contributed by atoms with Crippen molar-refractivity contribution in [2.75, 3.05) is 12.4 Å². The number of allylic oxidation sites excluding steroid dienone is 1. The SMILES string of the molecule is C=CCn1c(CNc2ccc(I)cc2)nnc1SC(C)C(=O)N/N=C/c1cccc(OC)c1O. The van der Waals surface area contributed by atoms with Gasteiger partial charge in [-0.3, -0.25) is 4.79 Å². The third-order valence-electron chi connectivity index (χ3n) is 4.68. The van der Waals surface area contributed by atoms with Crippen LogP contribution in [0.4, 0.5) is 5.69 Å². The molecule has 3 aromatic rings. The third kappa shape index (κ3) is 6.73. The Morgan fingerprint density at radius 1 is 1.32 bits per heavy atom. The fourth-order valence-corrected chi connectivity index (χ4v) is 4.11. The lowest BCUT2D eigenvalue weighted by atomic mass is 10.2. The van der Waals surface area contributed by atoms with Gasteiger partial charge < -0.3 is 19.7 Å². The first-order chi connectivity index (χ1) is 16.4. The molecule has 0 aliphatic rings. The van der Waals surface area contributed by atoms with Gasteiger partial charge in [-0.2, -0.15) is 5.10 Å². The highest BCUT2D eigenvalue weighted by Gasteiger charge is 2.19. The average Bonchev–Trinajstić information content (AvgIpc) is 3.21. The van der Waals surface area contributed by atoms with Crippen LogP contribution in [0, 0.1) is 3.57 Å². The Labute approximate surface area is 215 Å². The maximum atomic E-state index is 12.5. The summed E-state index contributed by atoms with van der Waals surface area (Å²) in [6.07, 6.45) is 3.12. The van der Waals surface area contributed by atoms with Crippen molar-refractivity contribution >= 4 is 52.2 Å². The van der Waals surface area contributed by atoms with Gasteiger partial charge in [-0.05, 0) is 65.9 Å². The van der Waals surface area contributed by atoms with Gasteiger partial charge in [-0.15, -0.1) is 16.8 Å². The van der Waals surface area contributed by atoms with Gasteiger partial charge in [0.1, 0.15) is 0 Å². The molecule has 2 aromatic carbocycles. The zero-order valence-corrected chi connectivity index (χ0v) is 21.7. The molecular formula is C23H25IN6O3S. The number of nitrogens with one attached hydrogen (secondary N) is 2. The molecule has 1 aromatic heterocycles. The van der Waals surface area contributed by atoms with E-state index in [0.717, 1.165) is 15.1 Å². The number of thioether (sulfide) groups is 1. The summed E-state index contributed by atoms with van der Waals surface area (Å²) in [5.74, 6) is 0.706. The summed E-state index contributed by atoms with van der Waals surface area (Å²) >= 11 is 3.54. The molecule has 3 rings (SSSR count). The van der Waals surface area contributed by atoms with Crippen LogP contribution in [0.5, 0.6) is 11.5 Å². The van der Waals surface area contributed by atoms with Gasteiger partial charge in [0.05, 0.1) is 25.1 Å². The Hall–Kier alpha value is -3.06. The number of phenolic OH excluding ortho intramolecular Hbond substituents is 1. The molecule has 0 saturated carbocycles. The number of halogens is 1. The zero-order valence-electron chi connectivity index (χ0n) is 18.7. The number of aromatic nitrogens is 3. The van der Waals surface area contributed by atoms with Crippen LogP contribution in [0.2, 0.25) is 0 Å². The molecular weight excluding hydrogens is 567 g/mol. The summed E-state index contributed by atoms with van der Waals surface area (Å²) in [6.45, 7) is 6.57. The molecule has 3 N–H and O–H groups in total. The smallest absolute Gasteiger partial charge is 0.253 e. The lowest BCUT2D eigenvalue weighted by Crippen LogP contribution is -2.27. The number of rotatable bonds is 11. The molecule has 9 nitrogen and oxygen atoms in total. The van der Waals surface area contributed by atoms with Gasteiger partial charge in [0.25, 0.3) is 5.91 Å². The number of anilines is 1. The molecule has 11 heteroatoms. The largest absolute Gasteiger partial charge is 0.504 e. The summed E-state index contributed by atoms with van der Waals surface area (Å²) in [5.41, 5.74) is 3.90. The minimum absolute atomic E-state index is 0.0469. The molecule has 1 amide bonds. The van der Waals surface area contributed by atoms with Gasteiger partial charge >= 0.3 is 0 Å². The minimum Gasteiger partial charge on any atom is -0.504 e. The van der Waals surface area contributed by atoms with Crippen molar-refractivity contribution < 1.29 is 14.6 Å². The van der Waals surface area contributed by atoms with Crippen molar-refractivity contribution in [3.05, 3.63) is 70.1 Å². The molecule has 0 radical (unpaired) electrons. The van der Waals surface area contributed by atoms with Gasteiger partial charge in [-0.1, -0.05) is 23.9 Å². The number of ether oxygens (including phenoxy) is 1. The summed E-state index contributed by atoms with van der Waals surface area (Å²) < 4.78 is 8.14. The second-order valence-electron chi connectivity index (χ2n) is 7.05. The van der Waals surface area contributed by atoms with Crippen LogP contribution in [0.25, 0.3) is 0 Å². The van der Waals surface area contributed by atoms with E-state index in [4.69, 9.17) is 4.74 Å². The molecule has 0 aliphatic heterocycles. The Kier molecular flexibility index (Phi) is 9.33. The lowest BCUT2D eigenvalue weighted by molar-refractivity contribution is -0.120. The maximum Gasteiger partial charge on any atom is 0.253 e. The quantitative estimate of drug-likeness (QED) is 0.101. The first kappa shape index (κ1) is 25.6. The molecule has 0 aliphatic carbocycles. The normalized spacial score (nSPS) is 11.9. The Morgan fingerprint density at radius 3 is 2.79 bits per heavy atom. The van der Waals surface area contributed by atoms with Crippen molar-refractivity contribution in [3.8, 4) is 11.5 Å². The van der Waals surface area contributed by atoms with Crippen molar-refractivity contribution in [1.29, 1.82) is 0 Å². The maximum absolute atomic E-state index is 12.5. The number of hydrogen-bond donors (Lipinski definition) is 3. The summed E-state index contributed by atoms with van der Waals surface area (Å²) in [5, 5.41) is 26.1. The summed E-state index contributed by atoms with van der Waals surface area (Å²) in [4.78, 5) is 12.5. The number of carbonyl (C=O) groups excluding carboxylic acids is 1. The number of carbonyl (C=O) groups is 1. The van der Waals surface area contributed by atoms with E-state index in [1.165, 1.54) is 25.1 Å². The second kappa shape index (κ2) is 12.4. The highest BCUT2D eigenvalue weighted by atomic mass is 127. The van der Waals surface area contributed by atoms with Crippen LogP contribution in [0.3, 0.4) is 0 Å². The van der Waals surface area contributed by atoms with Crippen LogP contribution in [-0.2, 0) is 17.9 Å². The van der Waals surface area contributed by atoms with Crippen molar-refractivity contribution in [1.82, 2.24) is 20.2 Å². The van der Waals surface area contributed by atoms with Crippen LogP contribution < -0.4 is 15.5 Å². The van der Waals surface area contributed by atoms with E-state index < -0.39 is 5.25 Å². The highest BCUT2D eigenvalue weighted by Crippen LogP contribution is 2.28. The number of hydrazone groups is 1. The molecule has 0 spiro atoms. The van der Waals surface area contributed by atoms with E-state index in [2.05, 4.69) is 55.2 Å². The number of nitrogens with zero attached hydrogens (tertiary/aromatic N) is 4. The van der Waals surface area contributed by atoms with Gasteiger partial charge in [0.15, 0.2) is 22.5 Å². The van der Waals surface area contributed by atoms with Gasteiger partial charge in [0.2, 0.25) is 0 Å². The molecule has 1 atom stereocenters. The van der Waals surface area contributed by atoms with E-state index in [0.29, 0.717) is 29.6 Å². The number of aromatic hydroxyl groups is 1. The number of para-hydroxylation sites is 1. The molecule has 0 saturated heterocycles. The molecule has 0 fully saturated rings. The Balaban J connectivity index is 1.61. The fourth-order valence-electron chi connectivity index (χ4n) is 2.87. The molecule has 1 unspecified atom stereocenters. The topological polar surface area (TPSA) is 114 Å². The van der Waals surface area contributed by atoms with Crippen LogP contribution in [-0.4, -0.2) is 44.4 Å². The van der Waals surface area contributed by atoms with Crippen molar-refractivity contribution in [3.63, 3.8) is 0 Å². The molecule has 178 valence electrons. The van der Waals surface area contributed by atoms with E-state index in [-0.39, 0.29) is 11.7 Å². The lowest BCUT2D eigenvalue weighted by Gasteiger charge is -2.12. The predicted octanol–water partition coefficient (Wildman–Crippen LogP) is 4.03. The number of hydrogen-bond acceptors (Lipinski definition) is 8. The van der Waals surface area contributed by atoms with Crippen molar-refractivity contribution in [2.45, 2.75) is 30.4 Å². The predicted molar refractivity (Wildman–Crippen MR) is 142 cm³/mol. The summed E-state index contributed by atoms with van der Waals surface area (Å²) in [7, 11) is 1.46. The number of benzene rings is 2. The summed E-state index contributed by atoms with van der Waals surface area (Å²) in [6, 6.07) is 13.1. The first-order valence-corrected chi connectivity index (χ1v) is 12.3. The second-order valence-corrected chi connectivity index (χ2v) is 9.60. The number of methoxy groups -OCH3 is 1. The Bertz CT molecular complexity index is 1170. The minimum atomic E-state index is -0.485. The fraction of sp³-hybridized carbons (Fsp3) is 0.217. The van der Waals surface area contributed by atoms with Gasteiger partial charge in [0, 0.05) is 21.4 Å². The first-order valence-electron chi connectivity index (χ1n) is 10.3. The van der Waals surface area contributed by atoms with E-state index in [1.54, 1.807) is 31.2 Å². The monoisotopic (exact) mass is 592 g/mol. The van der Waals surface area contributed by atoms with Crippen LogP contribution >= 0.6 is 34.4 Å². The van der Waals surface area contributed by atoms with E-state index in [1.807, 2.05) is 28.8 Å². The average molecular weight is 592 g/mol. The van der Waals surface area contributed by atoms with Crippen molar-refractivity contribution in [2.24, 2.45) is 5.10 Å². The van der Waals surface area contributed by atoms with Crippen LogP contribution in [0.15, 0.2) is 65.4 Å². The zero-order chi connectivity index (χ0) is 24.5. The van der Waals surface area contributed by atoms with E-state index in [9.17, 15) is 9.90 Å². The third-order valence-corrected chi connectivity index (χ3v) is 6.48. The molecule has 34 heavy (non-hydrogen) atoms. The molecule has 1 heterocycles.